The molecular weight excluding hydrogens is 483 g/mol. The Morgan fingerprint density at radius 2 is 1.51 bits per heavy atom. The van der Waals surface area contributed by atoms with Crippen LogP contribution in [-0.4, -0.2) is 37.6 Å². The molecule has 5 N–H and O–H groups in total. The van der Waals surface area contributed by atoms with Crippen molar-refractivity contribution >= 4 is 16.0 Å². The van der Waals surface area contributed by atoms with E-state index in [4.69, 9.17) is 10.8 Å². The van der Waals surface area contributed by atoms with Gasteiger partial charge in [-0.1, -0.05) is 73.5 Å². The lowest BCUT2D eigenvalue weighted by molar-refractivity contribution is -0.139. The molecule has 1 saturated heterocycles. The van der Waals surface area contributed by atoms with Gasteiger partial charge in [-0.2, -0.15) is 17.9 Å². The molecule has 0 radical (unpaired) electrons. The lowest BCUT2D eigenvalue weighted by Gasteiger charge is -2.52. The number of alkyl halides is 3. The molecule has 1 aliphatic heterocycles. The van der Waals surface area contributed by atoms with Gasteiger partial charge in [-0.3, -0.25) is 4.79 Å². The fourth-order valence-electron chi connectivity index (χ4n) is 4.86. The Hall–Kier alpha value is -2.47. The molecule has 0 bridgehead atoms. The number of carboxylic acid groups (broad SMARTS) is 1. The van der Waals surface area contributed by atoms with Gasteiger partial charge in [0.1, 0.15) is 6.04 Å². The van der Waals surface area contributed by atoms with Crippen LogP contribution in [0, 0.1) is 0 Å². The number of halogens is 3. The van der Waals surface area contributed by atoms with E-state index in [1.165, 1.54) is 0 Å². The van der Waals surface area contributed by atoms with E-state index < -0.39 is 32.6 Å². The molecule has 1 aliphatic carbocycles. The van der Waals surface area contributed by atoms with Crippen molar-refractivity contribution in [3.05, 3.63) is 71.8 Å². The molecule has 3 atom stereocenters. The van der Waals surface area contributed by atoms with Crippen LogP contribution < -0.4 is 15.8 Å². The fraction of sp³-hybridized carbons (Fsp3) is 0.458. The molecule has 7 nitrogen and oxygen atoms in total. The molecule has 192 valence electrons. The molecule has 0 amide bonds. The first kappa shape index (κ1) is 27.1. The van der Waals surface area contributed by atoms with Crippen LogP contribution in [0.25, 0.3) is 0 Å². The highest BCUT2D eigenvalue weighted by Gasteiger charge is 2.58. The minimum Gasteiger partial charge on any atom is -0.480 e. The van der Waals surface area contributed by atoms with Crippen molar-refractivity contribution in [2.45, 2.75) is 61.2 Å². The Morgan fingerprint density at radius 3 is 1.97 bits per heavy atom. The predicted molar refractivity (Wildman–Crippen MR) is 126 cm³/mol. The molecule has 2 fully saturated rings. The number of rotatable bonds is 5. The van der Waals surface area contributed by atoms with Gasteiger partial charge in [-0.05, 0) is 43.4 Å². The van der Waals surface area contributed by atoms with Crippen LogP contribution in [0.15, 0.2) is 60.7 Å². The summed E-state index contributed by atoms with van der Waals surface area (Å²) in [5.41, 5.74) is -0.599. The summed E-state index contributed by atoms with van der Waals surface area (Å²) in [4.78, 5) is 10.1. The molecule has 11 heteroatoms. The molecule has 0 spiro atoms. The SMILES string of the molecule is N[C@]1(c2ccccc2)CCCC[C@@]1(NS(=O)(=O)C(F)(F)F)c1ccccc1.O=C(O)[C@@H]1CCCN1. The van der Waals surface area contributed by atoms with Gasteiger partial charge in [-0.15, -0.1) is 0 Å². The Labute approximate surface area is 203 Å². The first-order valence-electron chi connectivity index (χ1n) is 11.4. The highest BCUT2D eigenvalue weighted by Crippen LogP contribution is 2.50. The van der Waals surface area contributed by atoms with E-state index in [1.807, 2.05) is 4.72 Å². The van der Waals surface area contributed by atoms with E-state index in [9.17, 15) is 26.4 Å². The maximum atomic E-state index is 13.2. The first-order chi connectivity index (χ1) is 16.4. The molecule has 2 aromatic carbocycles. The van der Waals surface area contributed by atoms with Gasteiger partial charge in [0.25, 0.3) is 0 Å². The topological polar surface area (TPSA) is 122 Å². The normalized spacial score (nSPS) is 27.0. The van der Waals surface area contributed by atoms with Gasteiger partial charge >= 0.3 is 21.5 Å². The molecule has 1 saturated carbocycles. The number of carboxylic acids is 1. The summed E-state index contributed by atoms with van der Waals surface area (Å²) >= 11 is 0. The zero-order valence-corrected chi connectivity index (χ0v) is 19.9. The summed E-state index contributed by atoms with van der Waals surface area (Å²) in [5.74, 6) is -0.720. The minimum absolute atomic E-state index is 0.164. The van der Waals surface area contributed by atoms with Gasteiger partial charge in [0.05, 0.1) is 11.1 Å². The maximum absolute atomic E-state index is 13.2. The predicted octanol–water partition coefficient (Wildman–Crippen LogP) is 3.57. The van der Waals surface area contributed by atoms with Crippen LogP contribution in [0.2, 0.25) is 0 Å². The maximum Gasteiger partial charge on any atom is 0.511 e. The van der Waals surface area contributed by atoms with Crippen molar-refractivity contribution in [3.8, 4) is 0 Å². The number of hydrogen-bond donors (Lipinski definition) is 4. The lowest BCUT2D eigenvalue weighted by Crippen LogP contribution is -2.66. The average molecular weight is 514 g/mol. The monoisotopic (exact) mass is 513 g/mol. The Balaban J connectivity index is 0.000000363. The van der Waals surface area contributed by atoms with E-state index in [1.54, 1.807) is 60.7 Å². The van der Waals surface area contributed by atoms with Crippen LogP contribution in [0.5, 0.6) is 0 Å². The fourth-order valence-corrected chi connectivity index (χ4v) is 5.84. The number of sulfonamides is 1. The van der Waals surface area contributed by atoms with Crippen LogP contribution in [-0.2, 0) is 25.9 Å². The number of hydrogen-bond acceptors (Lipinski definition) is 5. The van der Waals surface area contributed by atoms with Gasteiger partial charge < -0.3 is 16.2 Å². The molecule has 0 unspecified atom stereocenters. The second-order valence-corrected chi connectivity index (χ2v) is 10.5. The molecule has 1 heterocycles. The summed E-state index contributed by atoms with van der Waals surface area (Å²) < 4.78 is 65.9. The van der Waals surface area contributed by atoms with Crippen molar-refractivity contribution in [3.63, 3.8) is 0 Å². The number of nitrogens with one attached hydrogen (secondary N) is 2. The van der Waals surface area contributed by atoms with E-state index in [0.717, 1.165) is 19.4 Å². The standard InChI is InChI=1S/C19H21F3N2O2S.C5H9NO2/c20-19(21,22)27(25,26)24-18(16-11-5-2-6-12-16)14-8-7-13-17(18,23)15-9-3-1-4-10-15;7-5(8)4-2-1-3-6-4/h1-6,9-12,24H,7-8,13-14,23H2;4,6H,1-3H2,(H,7,8)/t17-,18+;4-/m00/s1. The Kier molecular flexibility index (Phi) is 8.25. The summed E-state index contributed by atoms with van der Waals surface area (Å²) in [7, 11) is -5.61. The van der Waals surface area contributed by atoms with Gasteiger partial charge in [-0.25, -0.2) is 8.42 Å². The minimum atomic E-state index is -5.61. The second-order valence-electron chi connectivity index (χ2n) is 8.85. The van der Waals surface area contributed by atoms with Crippen LogP contribution >= 0.6 is 0 Å². The third-order valence-corrected chi connectivity index (χ3v) is 7.89. The third-order valence-electron chi connectivity index (χ3n) is 6.66. The van der Waals surface area contributed by atoms with E-state index in [0.29, 0.717) is 30.4 Å². The number of aliphatic carboxylic acids is 1. The molecule has 4 rings (SSSR count). The summed E-state index contributed by atoms with van der Waals surface area (Å²) in [6, 6.07) is 16.7. The Bertz CT molecular complexity index is 1090. The summed E-state index contributed by atoms with van der Waals surface area (Å²) in [6.07, 6.45) is 3.55. The molecule has 2 aliphatic rings. The quantitative estimate of drug-likeness (QED) is 0.485. The van der Waals surface area contributed by atoms with Crippen molar-refractivity contribution in [2.75, 3.05) is 6.54 Å². The highest BCUT2D eigenvalue weighted by molar-refractivity contribution is 7.90. The van der Waals surface area contributed by atoms with Crippen LogP contribution in [0.4, 0.5) is 13.2 Å². The number of carbonyl (C=O) groups is 1. The second kappa shape index (κ2) is 10.7. The van der Waals surface area contributed by atoms with E-state index in [2.05, 4.69) is 5.32 Å². The molecule has 0 aromatic heterocycles. The molecular formula is C24H30F3N3O4S. The van der Waals surface area contributed by atoms with Crippen molar-refractivity contribution in [1.29, 1.82) is 0 Å². The zero-order valence-electron chi connectivity index (χ0n) is 19.1. The Morgan fingerprint density at radius 1 is 0.971 bits per heavy atom. The zero-order chi connectivity index (χ0) is 25.7. The summed E-state index contributed by atoms with van der Waals surface area (Å²) in [6.45, 7) is 0.858. The summed E-state index contributed by atoms with van der Waals surface area (Å²) in [5, 5.41) is 11.2. The van der Waals surface area contributed by atoms with Crippen LogP contribution in [0.3, 0.4) is 0 Å². The van der Waals surface area contributed by atoms with E-state index >= 15 is 0 Å². The van der Waals surface area contributed by atoms with Gasteiger partial charge in [0.15, 0.2) is 0 Å². The largest absolute Gasteiger partial charge is 0.511 e. The van der Waals surface area contributed by atoms with Gasteiger partial charge in [0.2, 0.25) is 0 Å². The van der Waals surface area contributed by atoms with Gasteiger partial charge in [0, 0.05) is 0 Å². The first-order valence-corrected chi connectivity index (χ1v) is 12.9. The smallest absolute Gasteiger partial charge is 0.480 e. The third kappa shape index (κ3) is 5.69. The lowest BCUT2D eigenvalue weighted by atomic mass is 9.62. The van der Waals surface area contributed by atoms with Crippen LogP contribution in [0.1, 0.15) is 49.7 Å². The number of nitrogens with two attached hydrogens (primary N) is 1. The van der Waals surface area contributed by atoms with Crippen molar-refractivity contribution in [2.24, 2.45) is 5.73 Å². The number of benzene rings is 2. The molecule has 2 aromatic rings. The average Bonchev–Trinajstić information content (AvgIpc) is 3.37. The molecule has 35 heavy (non-hydrogen) atoms. The highest BCUT2D eigenvalue weighted by atomic mass is 32.2. The van der Waals surface area contributed by atoms with Crippen molar-refractivity contribution < 1.29 is 31.5 Å². The van der Waals surface area contributed by atoms with Crippen molar-refractivity contribution in [1.82, 2.24) is 10.0 Å². The van der Waals surface area contributed by atoms with E-state index in [-0.39, 0.29) is 12.5 Å².